The first-order valence-electron chi connectivity index (χ1n) is 9.07. The third-order valence-corrected chi connectivity index (χ3v) is 4.14. The number of halogens is 1. The maximum atomic E-state index is 13.0. The number of nitrogens with one attached hydrogen (secondary N) is 1. The van der Waals surface area contributed by atoms with E-state index >= 15 is 0 Å². The number of esters is 1. The van der Waals surface area contributed by atoms with Gasteiger partial charge in [-0.25, -0.2) is 4.39 Å². The van der Waals surface area contributed by atoms with Gasteiger partial charge in [-0.05, 0) is 61.0 Å². The molecule has 1 N–H and O–H groups in total. The minimum Gasteiger partial charge on any atom is -0.457 e. The third kappa shape index (κ3) is 5.90. The van der Waals surface area contributed by atoms with Crippen molar-refractivity contribution in [1.29, 1.82) is 0 Å². The second-order valence-electron chi connectivity index (χ2n) is 6.31. The molecule has 5 nitrogen and oxygen atoms in total. The lowest BCUT2D eigenvalue weighted by Gasteiger charge is -2.14. The van der Waals surface area contributed by atoms with Crippen molar-refractivity contribution < 1.29 is 23.5 Å². The van der Waals surface area contributed by atoms with Crippen molar-refractivity contribution in [3.63, 3.8) is 0 Å². The zero-order valence-electron chi connectivity index (χ0n) is 15.8. The van der Waals surface area contributed by atoms with Crippen molar-refractivity contribution in [2.24, 2.45) is 0 Å². The Balaban J connectivity index is 1.48. The summed E-state index contributed by atoms with van der Waals surface area (Å²) >= 11 is 0. The molecule has 148 valence electrons. The van der Waals surface area contributed by atoms with E-state index in [2.05, 4.69) is 5.32 Å². The molecule has 0 aliphatic rings. The highest BCUT2D eigenvalue weighted by molar-refractivity contribution is 5.96. The Hall–Kier alpha value is -3.67. The molecule has 0 aliphatic carbocycles. The van der Waals surface area contributed by atoms with Crippen molar-refractivity contribution in [2.75, 3.05) is 6.54 Å². The molecule has 0 radical (unpaired) electrons. The van der Waals surface area contributed by atoms with E-state index < -0.39 is 18.0 Å². The molecule has 3 aromatic rings. The standard InChI is InChI=1S/C23H20FNO4/c1-16(17-7-11-19(24)12-8-17)28-22(26)15-25-23(27)18-9-13-21(14-10-18)29-20-5-3-2-4-6-20/h2-14,16H,15H2,1H3,(H,25,27)/t16-/m1/s1. The molecule has 3 rings (SSSR count). The van der Waals surface area contributed by atoms with E-state index in [-0.39, 0.29) is 12.4 Å². The third-order valence-electron chi connectivity index (χ3n) is 4.14. The van der Waals surface area contributed by atoms with Crippen LogP contribution in [0.5, 0.6) is 11.5 Å². The molecule has 0 saturated heterocycles. The topological polar surface area (TPSA) is 64.6 Å². The molecule has 3 aromatic carbocycles. The molecule has 1 amide bonds. The SMILES string of the molecule is C[C@@H](OC(=O)CNC(=O)c1ccc(Oc2ccccc2)cc1)c1ccc(F)cc1. The Morgan fingerprint density at radius 2 is 1.52 bits per heavy atom. The molecule has 0 spiro atoms. The zero-order valence-corrected chi connectivity index (χ0v) is 15.8. The number of benzene rings is 3. The van der Waals surface area contributed by atoms with Gasteiger partial charge in [-0.15, -0.1) is 0 Å². The number of amides is 1. The Labute approximate surface area is 168 Å². The predicted molar refractivity (Wildman–Crippen MR) is 106 cm³/mol. The highest BCUT2D eigenvalue weighted by Crippen LogP contribution is 2.21. The van der Waals surface area contributed by atoms with Gasteiger partial charge in [0.2, 0.25) is 0 Å². The van der Waals surface area contributed by atoms with Gasteiger partial charge in [0.15, 0.2) is 0 Å². The van der Waals surface area contributed by atoms with Crippen LogP contribution in [0.4, 0.5) is 4.39 Å². The van der Waals surface area contributed by atoms with Crippen LogP contribution in [0, 0.1) is 5.82 Å². The smallest absolute Gasteiger partial charge is 0.326 e. The fourth-order valence-electron chi connectivity index (χ4n) is 2.59. The second kappa shape index (κ2) is 9.50. The molecule has 0 fully saturated rings. The first-order chi connectivity index (χ1) is 14.0. The summed E-state index contributed by atoms with van der Waals surface area (Å²) < 4.78 is 23.9. The van der Waals surface area contributed by atoms with Crippen molar-refractivity contribution in [3.05, 3.63) is 95.8 Å². The minimum absolute atomic E-state index is 0.271. The molecular formula is C23H20FNO4. The molecule has 1 atom stereocenters. The first-order valence-corrected chi connectivity index (χ1v) is 9.07. The van der Waals surface area contributed by atoms with Crippen LogP contribution in [0.1, 0.15) is 28.9 Å². The van der Waals surface area contributed by atoms with E-state index in [1.807, 2.05) is 30.3 Å². The summed E-state index contributed by atoms with van der Waals surface area (Å²) in [5, 5.41) is 2.52. The van der Waals surface area contributed by atoms with Gasteiger partial charge in [0, 0.05) is 5.56 Å². The van der Waals surface area contributed by atoms with E-state index in [0.29, 0.717) is 22.6 Å². The fourth-order valence-corrected chi connectivity index (χ4v) is 2.59. The van der Waals surface area contributed by atoms with Gasteiger partial charge in [-0.2, -0.15) is 0 Å². The number of para-hydroxylation sites is 1. The van der Waals surface area contributed by atoms with Crippen LogP contribution in [0.3, 0.4) is 0 Å². The number of carbonyl (C=O) groups excluding carboxylic acids is 2. The zero-order chi connectivity index (χ0) is 20.6. The van der Waals surface area contributed by atoms with Crippen LogP contribution in [-0.2, 0) is 9.53 Å². The lowest BCUT2D eigenvalue weighted by Crippen LogP contribution is -2.31. The minimum atomic E-state index is -0.584. The maximum Gasteiger partial charge on any atom is 0.326 e. The Kier molecular flexibility index (Phi) is 6.58. The molecule has 29 heavy (non-hydrogen) atoms. The highest BCUT2D eigenvalue weighted by atomic mass is 19.1. The Bertz CT molecular complexity index is 956. The van der Waals surface area contributed by atoms with E-state index in [1.165, 1.54) is 12.1 Å². The molecule has 0 aromatic heterocycles. The van der Waals surface area contributed by atoms with Crippen LogP contribution < -0.4 is 10.1 Å². The second-order valence-corrected chi connectivity index (χ2v) is 6.31. The van der Waals surface area contributed by atoms with Crippen molar-refractivity contribution >= 4 is 11.9 Å². The summed E-state index contributed by atoms with van der Waals surface area (Å²) in [7, 11) is 0. The van der Waals surface area contributed by atoms with Gasteiger partial charge in [0.25, 0.3) is 5.91 Å². The van der Waals surface area contributed by atoms with Gasteiger partial charge in [0.1, 0.15) is 30.0 Å². The van der Waals surface area contributed by atoms with Crippen LogP contribution >= 0.6 is 0 Å². The van der Waals surface area contributed by atoms with Crippen molar-refractivity contribution in [3.8, 4) is 11.5 Å². The molecule has 0 unspecified atom stereocenters. The van der Waals surface area contributed by atoms with Gasteiger partial charge in [0.05, 0.1) is 0 Å². The largest absolute Gasteiger partial charge is 0.457 e. The predicted octanol–water partition coefficient (Wildman–Crippen LogP) is 4.65. The number of rotatable bonds is 7. The van der Waals surface area contributed by atoms with Gasteiger partial charge < -0.3 is 14.8 Å². The molecular weight excluding hydrogens is 373 g/mol. The monoisotopic (exact) mass is 393 g/mol. The summed E-state index contributed by atoms with van der Waals surface area (Å²) in [4.78, 5) is 24.2. The Morgan fingerprint density at radius 3 is 2.17 bits per heavy atom. The number of ether oxygens (including phenoxy) is 2. The van der Waals surface area contributed by atoms with E-state index in [1.54, 1.807) is 43.3 Å². The van der Waals surface area contributed by atoms with Crippen LogP contribution in [-0.4, -0.2) is 18.4 Å². The lowest BCUT2D eigenvalue weighted by molar-refractivity contribution is -0.147. The molecule has 0 bridgehead atoms. The van der Waals surface area contributed by atoms with Crippen molar-refractivity contribution in [1.82, 2.24) is 5.32 Å². The van der Waals surface area contributed by atoms with E-state index in [4.69, 9.17) is 9.47 Å². The lowest BCUT2D eigenvalue weighted by atomic mass is 10.1. The van der Waals surface area contributed by atoms with Gasteiger partial charge in [-0.1, -0.05) is 30.3 Å². The fraction of sp³-hybridized carbons (Fsp3) is 0.130. The van der Waals surface area contributed by atoms with Crippen LogP contribution in [0.25, 0.3) is 0 Å². The van der Waals surface area contributed by atoms with Crippen LogP contribution in [0.2, 0.25) is 0 Å². The van der Waals surface area contributed by atoms with Gasteiger partial charge >= 0.3 is 5.97 Å². The maximum absolute atomic E-state index is 13.0. The highest BCUT2D eigenvalue weighted by Gasteiger charge is 2.14. The molecule has 0 heterocycles. The summed E-state index contributed by atoms with van der Waals surface area (Å²) in [5.41, 5.74) is 1.06. The molecule has 6 heteroatoms. The van der Waals surface area contributed by atoms with Crippen LogP contribution in [0.15, 0.2) is 78.9 Å². The summed E-state index contributed by atoms with van der Waals surface area (Å²) in [6.07, 6.45) is -0.547. The summed E-state index contributed by atoms with van der Waals surface area (Å²) in [6, 6.07) is 21.6. The molecule has 0 saturated carbocycles. The van der Waals surface area contributed by atoms with Gasteiger partial charge in [-0.3, -0.25) is 9.59 Å². The number of carbonyl (C=O) groups is 2. The summed E-state index contributed by atoms with van der Waals surface area (Å²) in [5.74, 6) is -0.0513. The quantitative estimate of drug-likeness (QED) is 0.594. The first kappa shape index (κ1) is 20.1. The number of hydrogen-bond acceptors (Lipinski definition) is 4. The average molecular weight is 393 g/mol. The summed E-state index contributed by atoms with van der Waals surface area (Å²) in [6.45, 7) is 1.41. The normalized spacial score (nSPS) is 11.4. The van der Waals surface area contributed by atoms with E-state index in [0.717, 1.165) is 0 Å². The average Bonchev–Trinajstić information content (AvgIpc) is 2.74. The number of hydrogen-bond donors (Lipinski definition) is 1. The molecule has 0 aliphatic heterocycles. The Morgan fingerprint density at radius 1 is 0.897 bits per heavy atom. The van der Waals surface area contributed by atoms with E-state index in [9.17, 15) is 14.0 Å². The van der Waals surface area contributed by atoms with Crippen molar-refractivity contribution in [2.45, 2.75) is 13.0 Å².